The molecule has 10 bridgehead atoms. The molecule has 1 aliphatic rings. The van der Waals surface area contributed by atoms with Crippen LogP contribution in [-0.2, 0) is 59.2 Å². The summed E-state index contributed by atoms with van der Waals surface area (Å²) in [4.78, 5) is 3.94. The molecule has 0 fully saturated rings. The molecule has 0 aromatic heterocycles. The van der Waals surface area contributed by atoms with E-state index >= 15 is 0 Å². The van der Waals surface area contributed by atoms with Crippen LogP contribution in [0.4, 0.5) is 5.69 Å². The normalized spacial score (nSPS) is 14.1. The van der Waals surface area contributed by atoms with Crippen molar-refractivity contribution >= 4 is 5.69 Å². The van der Waals surface area contributed by atoms with Gasteiger partial charge >= 0.3 is 5.69 Å². The first-order valence-electron chi connectivity index (χ1n) is 21.9. The van der Waals surface area contributed by atoms with Gasteiger partial charge in [-0.3, -0.25) is 0 Å². The first-order valence-corrected chi connectivity index (χ1v) is 21.9. The summed E-state index contributed by atoms with van der Waals surface area (Å²) in [5.41, 5.74) is 11.3. The first kappa shape index (κ1) is 45.3. The Hall–Kier alpha value is -5.28. The molecule has 5 aromatic carbocycles. The lowest BCUT2D eigenvalue weighted by atomic mass is 9.79. The molecule has 0 spiro atoms. The topological polar surface area (TPSA) is 109 Å². The van der Waals surface area contributed by atoms with Crippen LogP contribution in [-0.4, -0.2) is 20.4 Å². The molecule has 0 radical (unpaired) electrons. The van der Waals surface area contributed by atoms with Gasteiger partial charge < -0.3 is 20.4 Å². The Balaban J connectivity index is 1.76. The lowest BCUT2D eigenvalue weighted by molar-refractivity contribution is 0.451. The van der Waals surface area contributed by atoms with E-state index in [1.54, 1.807) is 0 Å². The molecular formula is C55H69N2O4+. The van der Waals surface area contributed by atoms with Crippen molar-refractivity contribution < 1.29 is 20.4 Å². The zero-order chi connectivity index (χ0) is 45.4. The average molecular weight is 822 g/mol. The van der Waals surface area contributed by atoms with Crippen LogP contribution in [0.5, 0.6) is 23.0 Å². The van der Waals surface area contributed by atoms with Crippen molar-refractivity contribution in [3.8, 4) is 23.0 Å². The fraction of sp³-hybridized carbons (Fsp3) is 0.455. The lowest BCUT2D eigenvalue weighted by Crippen LogP contribution is -2.15. The predicted molar refractivity (Wildman–Crippen MR) is 251 cm³/mol. The van der Waals surface area contributed by atoms with E-state index in [1.807, 2.05) is 0 Å². The van der Waals surface area contributed by atoms with Gasteiger partial charge in [0.05, 0.1) is 11.1 Å². The standard InChI is InChI=1S/C55H68N2O4/c1-51(2,3)41-21-31-16-33-23-42(52(4,5)6)25-35(47(33)58)18-37-27-44(54(10,11)12)29-39(49(37)60)20-40-30-45(55(13,14)15)28-38(50(40)61)19-36-26-43(53(7,8)9)24-34(48(36)59)17-32(22-41)46(31)57-56/h21-30H,16-20H2,1-15H3,(H3-,58,59,60,61)/p+1. The molecule has 0 unspecified atom stereocenters. The van der Waals surface area contributed by atoms with Crippen LogP contribution >= 0.6 is 0 Å². The number of fused-ring (bicyclic) bond motifs is 10. The van der Waals surface area contributed by atoms with Crippen molar-refractivity contribution in [3.63, 3.8) is 0 Å². The summed E-state index contributed by atoms with van der Waals surface area (Å²) < 4.78 is 0. The molecule has 0 saturated carbocycles. The van der Waals surface area contributed by atoms with Gasteiger partial charge in [0.15, 0.2) is 4.98 Å². The van der Waals surface area contributed by atoms with E-state index in [4.69, 9.17) is 0 Å². The van der Waals surface area contributed by atoms with Crippen LogP contribution in [0.3, 0.4) is 0 Å². The van der Waals surface area contributed by atoms with Crippen molar-refractivity contribution in [2.24, 2.45) is 0 Å². The van der Waals surface area contributed by atoms with Crippen LogP contribution in [0.25, 0.3) is 4.98 Å². The number of phenols is 4. The maximum Gasteiger partial charge on any atom is 0.392 e. The number of hydrogen-bond donors (Lipinski definition) is 4. The zero-order valence-corrected chi connectivity index (χ0v) is 39.5. The Bertz CT molecular complexity index is 2410. The van der Waals surface area contributed by atoms with E-state index in [1.165, 1.54) is 0 Å². The quantitative estimate of drug-likeness (QED) is 0.114. The molecule has 0 atom stereocenters. The first-order chi connectivity index (χ1) is 27.9. The summed E-state index contributed by atoms with van der Waals surface area (Å²) >= 11 is 0. The number of rotatable bonds is 0. The minimum absolute atomic E-state index is 0.135. The van der Waals surface area contributed by atoms with Gasteiger partial charge in [0, 0.05) is 32.1 Å². The molecule has 6 rings (SSSR count). The van der Waals surface area contributed by atoms with Crippen LogP contribution < -0.4 is 0 Å². The summed E-state index contributed by atoms with van der Waals surface area (Å²) in [6, 6.07) is 20.6. The van der Waals surface area contributed by atoms with Crippen molar-refractivity contribution in [3.05, 3.63) is 149 Å². The Morgan fingerprint density at radius 3 is 0.607 bits per heavy atom. The van der Waals surface area contributed by atoms with E-state index < -0.39 is 0 Å². The second kappa shape index (κ2) is 15.6. The molecule has 5 aromatic rings. The monoisotopic (exact) mass is 822 g/mol. The van der Waals surface area contributed by atoms with E-state index in [0.717, 1.165) is 38.9 Å². The Morgan fingerprint density at radius 2 is 0.459 bits per heavy atom. The van der Waals surface area contributed by atoms with Crippen molar-refractivity contribution in [2.45, 2.75) is 163 Å². The van der Waals surface area contributed by atoms with E-state index in [0.29, 0.717) is 63.0 Å². The van der Waals surface area contributed by atoms with Gasteiger partial charge in [0.1, 0.15) is 23.0 Å². The molecule has 0 aliphatic heterocycles. The van der Waals surface area contributed by atoms with Gasteiger partial charge in [-0.05, 0) is 112 Å². The van der Waals surface area contributed by atoms with Gasteiger partial charge in [-0.25, -0.2) is 0 Å². The minimum atomic E-state index is -0.271. The summed E-state index contributed by atoms with van der Waals surface area (Å²) in [7, 11) is 0. The van der Waals surface area contributed by atoms with Crippen LogP contribution in [0, 0.1) is 5.39 Å². The maximum atomic E-state index is 12.3. The Labute approximate surface area is 365 Å². The number of nitrogens with zero attached hydrogens (tertiary/aromatic N) is 2. The van der Waals surface area contributed by atoms with Crippen LogP contribution in [0.2, 0.25) is 0 Å². The molecule has 6 nitrogen and oxygen atoms in total. The van der Waals surface area contributed by atoms with Crippen molar-refractivity contribution in [2.75, 3.05) is 0 Å². The molecule has 0 amide bonds. The third kappa shape index (κ3) is 9.47. The van der Waals surface area contributed by atoms with E-state index in [2.05, 4.69) is 169 Å². The second-order valence-electron chi connectivity index (χ2n) is 22.9. The van der Waals surface area contributed by atoms with Crippen LogP contribution in [0.1, 0.15) is 187 Å². The molecule has 4 N–H and O–H groups in total. The molecule has 322 valence electrons. The fourth-order valence-corrected chi connectivity index (χ4v) is 8.47. The zero-order valence-electron chi connectivity index (χ0n) is 39.5. The summed E-state index contributed by atoms with van der Waals surface area (Å²) in [5, 5.41) is 60.0. The third-order valence-electron chi connectivity index (χ3n) is 12.7. The smallest absolute Gasteiger partial charge is 0.392 e. The highest BCUT2D eigenvalue weighted by atomic mass is 16.3. The van der Waals surface area contributed by atoms with Gasteiger partial charge in [-0.15, -0.1) is 0 Å². The number of hydrogen-bond acceptors (Lipinski definition) is 5. The largest absolute Gasteiger partial charge is 0.507 e. The highest BCUT2D eigenvalue weighted by Crippen LogP contribution is 2.44. The molecule has 1 aliphatic carbocycles. The van der Waals surface area contributed by atoms with Gasteiger partial charge in [0.25, 0.3) is 0 Å². The summed E-state index contributed by atoms with van der Waals surface area (Å²) in [6.07, 6.45) is 1.42. The molecular weight excluding hydrogens is 753 g/mol. The van der Waals surface area contributed by atoms with Gasteiger partial charge in [-0.2, -0.15) is 0 Å². The van der Waals surface area contributed by atoms with E-state index in [-0.39, 0.29) is 69.3 Å². The maximum absolute atomic E-state index is 12.3. The SMILES string of the molecule is CC(C)(C)c1cc2c(O)c(c1)Cc1cc(C(C)(C)C)cc(c1O)Cc1cc(C(C)(C)C)cc(c1[N+]#N)Cc1cc(C(C)(C)C)cc(c1O)Cc1cc(C(C)(C)C)cc(c1O)C2. The van der Waals surface area contributed by atoms with Crippen molar-refractivity contribution in [1.29, 1.82) is 5.39 Å². The minimum Gasteiger partial charge on any atom is -0.507 e. The average Bonchev–Trinajstić information content (AvgIpc) is 3.11. The van der Waals surface area contributed by atoms with Gasteiger partial charge in [-0.1, -0.05) is 152 Å². The highest BCUT2D eigenvalue weighted by Gasteiger charge is 2.31. The number of benzene rings is 5. The molecule has 61 heavy (non-hydrogen) atoms. The van der Waals surface area contributed by atoms with E-state index in [9.17, 15) is 25.8 Å². The highest BCUT2D eigenvalue weighted by molar-refractivity contribution is 5.65. The number of diazo groups is 1. The fourth-order valence-electron chi connectivity index (χ4n) is 8.47. The third-order valence-corrected chi connectivity index (χ3v) is 12.7. The Kier molecular flexibility index (Phi) is 11.5. The lowest BCUT2D eigenvalue weighted by Gasteiger charge is -2.26. The second-order valence-corrected chi connectivity index (χ2v) is 22.9. The number of phenolic OH excluding ortho intramolecular Hbond substituents is 4. The number of aromatic hydroxyl groups is 4. The summed E-state index contributed by atoms with van der Waals surface area (Å²) in [6.45, 7) is 32.3. The van der Waals surface area contributed by atoms with Crippen molar-refractivity contribution in [1.82, 2.24) is 0 Å². The predicted octanol–water partition coefficient (Wildman–Crippen LogP) is 13.7. The molecule has 6 heteroatoms. The van der Waals surface area contributed by atoms with Crippen LogP contribution in [0.15, 0.2) is 60.7 Å². The summed E-state index contributed by atoms with van der Waals surface area (Å²) in [5.74, 6) is 0.541. The van der Waals surface area contributed by atoms with Gasteiger partial charge in [0.2, 0.25) is 5.39 Å². The molecule has 0 saturated heterocycles. The Morgan fingerprint density at radius 1 is 0.311 bits per heavy atom. The molecule has 0 heterocycles.